The molecule has 0 heterocycles. The SMILES string of the molecule is CCCc1cccc(C(N)c2ccc(I)cc2)c1. The normalized spacial score (nSPS) is 12.4. The molecule has 0 saturated carbocycles. The molecule has 0 aliphatic heterocycles. The molecule has 0 aliphatic carbocycles. The number of nitrogens with two attached hydrogens (primary N) is 1. The second kappa shape index (κ2) is 6.34. The lowest BCUT2D eigenvalue weighted by Gasteiger charge is -2.14. The van der Waals surface area contributed by atoms with E-state index in [1.807, 2.05) is 0 Å². The van der Waals surface area contributed by atoms with Gasteiger partial charge in [-0.1, -0.05) is 49.7 Å². The smallest absolute Gasteiger partial charge is 0.0551 e. The van der Waals surface area contributed by atoms with Crippen LogP contribution in [0.25, 0.3) is 0 Å². The monoisotopic (exact) mass is 351 g/mol. The molecule has 0 saturated heterocycles. The summed E-state index contributed by atoms with van der Waals surface area (Å²) < 4.78 is 1.24. The van der Waals surface area contributed by atoms with Gasteiger partial charge in [0.05, 0.1) is 6.04 Å². The molecule has 1 unspecified atom stereocenters. The number of aryl methyl sites for hydroxylation is 1. The minimum Gasteiger partial charge on any atom is -0.320 e. The predicted molar refractivity (Wildman–Crippen MR) is 85.6 cm³/mol. The fourth-order valence-corrected chi connectivity index (χ4v) is 2.45. The van der Waals surface area contributed by atoms with Crippen LogP contribution >= 0.6 is 22.6 Å². The molecule has 94 valence electrons. The van der Waals surface area contributed by atoms with Crippen molar-refractivity contribution in [3.05, 3.63) is 68.8 Å². The van der Waals surface area contributed by atoms with Crippen LogP contribution < -0.4 is 5.73 Å². The number of benzene rings is 2. The maximum Gasteiger partial charge on any atom is 0.0551 e. The second-order valence-corrected chi connectivity index (χ2v) is 5.77. The van der Waals surface area contributed by atoms with Gasteiger partial charge in [-0.25, -0.2) is 0 Å². The van der Waals surface area contributed by atoms with E-state index in [2.05, 4.69) is 78.0 Å². The van der Waals surface area contributed by atoms with Gasteiger partial charge in [-0.3, -0.25) is 0 Å². The van der Waals surface area contributed by atoms with Gasteiger partial charge in [0, 0.05) is 3.57 Å². The van der Waals surface area contributed by atoms with Gasteiger partial charge in [0.15, 0.2) is 0 Å². The average molecular weight is 351 g/mol. The van der Waals surface area contributed by atoms with Gasteiger partial charge in [-0.05, 0) is 57.8 Å². The molecule has 1 nitrogen and oxygen atoms in total. The fourth-order valence-electron chi connectivity index (χ4n) is 2.09. The highest BCUT2D eigenvalue weighted by atomic mass is 127. The zero-order valence-corrected chi connectivity index (χ0v) is 12.7. The summed E-state index contributed by atoms with van der Waals surface area (Å²) >= 11 is 2.31. The zero-order valence-electron chi connectivity index (χ0n) is 10.6. The molecule has 0 spiro atoms. The van der Waals surface area contributed by atoms with Crippen LogP contribution in [0.1, 0.15) is 36.1 Å². The largest absolute Gasteiger partial charge is 0.320 e. The fraction of sp³-hybridized carbons (Fsp3) is 0.250. The van der Waals surface area contributed by atoms with Crippen molar-refractivity contribution in [2.45, 2.75) is 25.8 Å². The summed E-state index contributed by atoms with van der Waals surface area (Å²) in [5, 5.41) is 0. The van der Waals surface area contributed by atoms with Crippen LogP contribution in [0, 0.1) is 3.57 Å². The molecule has 0 amide bonds. The summed E-state index contributed by atoms with van der Waals surface area (Å²) in [6.07, 6.45) is 2.29. The molecule has 0 fully saturated rings. The molecule has 0 radical (unpaired) electrons. The van der Waals surface area contributed by atoms with Crippen molar-refractivity contribution in [2.75, 3.05) is 0 Å². The van der Waals surface area contributed by atoms with E-state index < -0.39 is 0 Å². The molecule has 18 heavy (non-hydrogen) atoms. The van der Waals surface area contributed by atoms with E-state index in [1.165, 1.54) is 26.7 Å². The lowest BCUT2D eigenvalue weighted by molar-refractivity contribution is 0.858. The van der Waals surface area contributed by atoms with Crippen molar-refractivity contribution in [3.63, 3.8) is 0 Å². The predicted octanol–water partition coefficient (Wildman–Crippen LogP) is 4.29. The van der Waals surface area contributed by atoms with Gasteiger partial charge in [-0.15, -0.1) is 0 Å². The summed E-state index contributed by atoms with van der Waals surface area (Å²) in [5.41, 5.74) is 10.1. The molecule has 1 atom stereocenters. The first-order valence-corrected chi connectivity index (χ1v) is 7.38. The third-order valence-corrected chi connectivity index (χ3v) is 3.80. The minimum atomic E-state index is -0.0289. The van der Waals surface area contributed by atoms with E-state index in [4.69, 9.17) is 5.73 Å². The number of halogens is 1. The summed E-state index contributed by atoms with van der Waals surface area (Å²) in [5.74, 6) is 0. The van der Waals surface area contributed by atoms with E-state index in [1.54, 1.807) is 0 Å². The van der Waals surface area contributed by atoms with Crippen LogP contribution in [0.5, 0.6) is 0 Å². The topological polar surface area (TPSA) is 26.0 Å². The zero-order chi connectivity index (χ0) is 13.0. The average Bonchev–Trinajstić information content (AvgIpc) is 2.39. The van der Waals surface area contributed by atoms with Crippen LogP contribution in [0.4, 0.5) is 0 Å². The van der Waals surface area contributed by atoms with Gasteiger partial charge in [0.1, 0.15) is 0 Å². The first-order valence-electron chi connectivity index (χ1n) is 6.30. The van der Waals surface area contributed by atoms with Crippen molar-refractivity contribution >= 4 is 22.6 Å². The molecule has 0 aliphatic rings. The lowest BCUT2D eigenvalue weighted by Crippen LogP contribution is -2.12. The van der Waals surface area contributed by atoms with E-state index in [-0.39, 0.29) is 6.04 Å². The Kier molecular flexibility index (Phi) is 4.78. The van der Waals surface area contributed by atoms with Crippen molar-refractivity contribution in [1.82, 2.24) is 0 Å². The minimum absolute atomic E-state index is 0.0289. The van der Waals surface area contributed by atoms with Crippen LogP contribution in [0.3, 0.4) is 0 Å². The molecule has 2 rings (SSSR count). The molecule has 2 aromatic carbocycles. The molecule has 0 bridgehead atoms. The Morgan fingerprint density at radius 3 is 2.44 bits per heavy atom. The Bertz CT molecular complexity index is 505. The van der Waals surface area contributed by atoms with E-state index >= 15 is 0 Å². The highest BCUT2D eigenvalue weighted by Gasteiger charge is 2.08. The van der Waals surface area contributed by atoms with Crippen molar-refractivity contribution in [1.29, 1.82) is 0 Å². The maximum atomic E-state index is 6.33. The maximum absolute atomic E-state index is 6.33. The Morgan fingerprint density at radius 1 is 1.06 bits per heavy atom. The number of hydrogen-bond donors (Lipinski definition) is 1. The van der Waals surface area contributed by atoms with Crippen molar-refractivity contribution < 1.29 is 0 Å². The molecule has 2 heteroatoms. The van der Waals surface area contributed by atoms with Crippen molar-refractivity contribution in [3.8, 4) is 0 Å². The van der Waals surface area contributed by atoms with Gasteiger partial charge >= 0.3 is 0 Å². The Labute approximate surface area is 123 Å². The van der Waals surface area contributed by atoms with E-state index in [0.29, 0.717) is 0 Å². The van der Waals surface area contributed by atoms with Gasteiger partial charge in [0.25, 0.3) is 0 Å². The Morgan fingerprint density at radius 2 is 1.78 bits per heavy atom. The highest BCUT2D eigenvalue weighted by molar-refractivity contribution is 14.1. The first-order chi connectivity index (χ1) is 8.70. The Hall–Kier alpha value is -0.870. The summed E-state index contributed by atoms with van der Waals surface area (Å²) in [7, 11) is 0. The first kappa shape index (κ1) is 13.6. The highest BCUT2D eigenvalue weighted by Crippen LogP contribution is 2.21. The van der Waals surface area contributed by atoms with Gasteiger partial charge in [0.2, 0.25) is 0 Å². The van der Waals surface area contributed by atoms with Crippen LogP contribution in [0.15, 0.2) is 48.5 Å². The summed E-state index contributed by atoms with van der Waals surface area (Å²) in [6.45, 7) is 2.20. The van der Waals surface area contributed by atoms with Crippen molar-refractivity contribution in [2.24, 2.45) is 5.73 Å². The summed E-state index contributed by atoms with van der Waals surface area (Å²) in [4.78, 5) is 0. The lowest BCUT2D eigenvalue weighted by atomic mass is 9.97. The number of hydrogen-bond acceptors (Lipinski definition) is 1. The van der Waals surface area contributed by atoms with Crippen LogP contribution in [0.2, 0.25) is 0 Å². The number of rotatable bonds is 4. The second-order valence-electron chi connectivity index (χ2n) is 4.52. The van der Waals surface area contributed by atoms with Gasteiger partial charge in [-0.2, -0.15) is 0 Å². The van der Waals surface area contributed by atoms with Gasteiger partial charge < -0.3 is 5.73 Å². The third-order valence-electron chi connectivity index (χ3n) is 3.08. The quantitative estimate of drug-likeness (QED) is 0.817. The van der Waals surface area contributed by atoms with E-state index in [0.717, 1.165) is 6.42 Å². The van der Waals surface area contributed by atoms with E-state index in [9.17, 15) is 0 Å². The van der Waals surface area contributed by atoms with Crippen LogP contribution in [-0.4, -0.2) is 0 Å². The molecular formula is C16H18IN. The van der Waals surface area contributed by atoms with Crippen LogP contribution in [-0.2, 0) is 6.42 Å². The standard InChI is InChI=1S/C16H18IN/c1-2-4-12-5-3-6-14(11-12)16(18)13-7-9-15(17)10-8-13/h3,5-11,16H,2,4,18H2,1H3. The molecule has 2 N–H and O–H groups in total. The molecular weight excluding hydrogens is 333 g/mol. The summed E-state index contributed by atoms with van der Waals surface area (Å²) in [6, 6.07) is 17.0. The third kappa shape index (κ3) is 3.33. The Balaban J connectivity index is 2.24. The molecule has 0 aromatic heterocycles. The molecule has 2 aromatic rings.